The van der Waals surface area contributed by atoms with Gasteiger partial charge in [0.15, 0.2) is 0 Å². The highest BCUT2D eigenvalue weighted by Gasteiger charge is 2.42. The van der Waals surface area contributed by atoms with Crippen LogP contribution in [0.1, 0.15) is 18.4 Å². The van der Waals surface area contributed by atoms with Crippen LogP contribution in [0.25, 0.3) is 0 Å². The van der Waals surface area contributed by atoms with Crippen molar-refractivity contribution in [3.8, 4) is 0 Å². The highest BCUT2D eigenvalue weighted by molar-refractivity contribution is 5.98. The molecular weight excluding hydrogens is 219 g/mol. The zero-order chi connectivity index (χ0) is 11.9. The van der Waals surface area contributed by atoms with Crippen molar-refractivity contribution in [3.05, 3.63) is 29.6 Å². The normalized spacial score (nSPS) is 22.1. The van der Waals surface area contributed by atoms with Crippen LogP contribution in [-0.4, -0.2) is 19.0 Å². The van der Waals surface area contributed by atoms with Crippen molar-refractivity contribution < 1.29 is 9.18 Å². The van der Waals surface area contributed by atoms with Gasteiger partial charge in [-0.3, -0.25) is 4.79 Å². The van der Waals surface area contributed by atoms with Crippen LogP contribution in [0, 0.1) is 11.2 Å². The summed E-state index contributed by atoms with van der Waals surface area (Å²) in [4.78, 5) is 12.2. The van der Waals surface area contributed by atoms with Crippen LogP contribution in [0.3, 0.4) is 0 Å². The Morgan fingerprint density at radius 1 is 1.24 bits per heavy atom. The van der Waals surface area contributed by atoms with Crippen molar-refractivity contribution in [1.29, 1.82) is 0 Å². The predicted molar refractivity (Wildman–Crippen MR) is 63.3 cm³/mol. The molecule has 0 aromatic heterocycles. The molecule has 2 aliphatic heterocycles. The Labute approximate surface area is 99.4 Å². The van der Waals surface area contributed by atoms with E-state index in [4.69, 9.17) is 0 Å². The Kier molecular flexibility index (Phi) is 2.40. The van der Waals surface area contributed by atoms with E-state index < -0.39 is 0 Å². The fourth-order valence-corrected chi connectivity index (χ4v) is 2.84. The zero-order valence-corrected chi connectivity index (χ0v) is 9.55. The molecule has 2 heterocycles. The third-order valence-electron chi connectivity index (χ3n) is 3.89. The van der Waals surface area contributed by atoms with E-state index in [1.807, 2.05) is 0 Å². The number of hydrogen-bond donors (Lipinski definition) is 2. The van der Waals surface area contributed by atoms with Crippen LogP contribution in [0.5, 0.6) is 0 Å². The third-order valence-corrected chi connectivity index (χ3v) is 3.89. The molecule has 3 rings (SSSR count). The molecule has 0 aliphatic carbocycles. The average molecular weight is 234 g/mol. The van der Waals surface area contributed by atoms with Crippen molar-refractivity contribution in [2.75, 3.05) is 18.4 Å². The van der Waals surface area contributed by atoms with Crippen LogP contribution in [-0.2, 0) is 11.2 Å². The summed E-state index contributed by atoms with van der Waals surface area (Å²) in [5.74, 6) is -0.137. The van der Waals surface area contributed by atoms with Crippen molar-refractivity contribution >= 4 is 11.6 Å². The maximum absolute atomic E-state index is 13.2. The van der Waals surface area contributed by atoms with Gasteiger partial charge in [0.1, 0.15) is 5.82 Å². The number of benzene rings is 1. The fraction of sp³-hybridized carbons (Fsp3) is 0.462. The number of hydrogen-bond acceptors (Lipinski definition) is 2. The van der Waals surface area contributed by atoms with Crippen molar-refractivity contribution in [2.24, 2.45) is 5.41 Å². The first-order chi connectivity index (χ1) is 8.20. The molecule has 2 N–H and O–H groups in total. The lowest BCUT2D eigenvalue weighted by Gasteiger charge is -2.40. The largest absolute Gasteiger partial charge is 0.325 e. The summed E-state index contributed by atoms with van der Waals surface area (Å²) in [6.45, 7) is 1.72. The second-order valence-electron chi connectivity index (χ2n) is 4.96. The summed E-state index contributed by atoms with van der Waals surface area (Å²) in [6.07, 6.45) is 2.32. The molecule has 0 saturated carbocycles. The second kappa shape index (κ2) is 3.81. The van der Waals surface area contributed by atoms with Crippen LogP contribution < -0.4 is 10.6 Å². The van der Waals surface area contributed by atoms with E-state index in [2.05, 4.69) is 10.6 Å². The first-order valence-electron chi connectivity index (χ1n) is 6.00. The third kappa shape index (κ3) is 1.72. The first-order valence-corrected chi connectivity index (χ1v) is 6.00. The molecule has 17 heavy (non-hydrogen) atoms. The first kappa shape index (κ1) is 10.7. The number of amides is 1. The molecule has 0 unspecified atom stereocenters. The van der Waals surface area contributed by atoms with Crippen molar-refractivity contribution in [2.45, 2.75) is 19.3 Å². The Morgan fingerprint density at radius 3 is 2.76 bits per heavy atom. The summed E-state index contributed by atoms with van der Waals surface area (Å²) in [5, 5.41) is 6.17. The summed E-state index contributed by atoms with van der Waals surface area (Å²) in [7, 11) is 0. The van der Waals surface area contributed by atoms with E-state index in [0.29, 0.717) is 6.42 Å². The number of halogens is 1. The minimum atomic E-state index is -0.327. The smallest absolute Gasteiger partial charge is 0.231 e. The number of piperidine rings is 1. The van der Waals surface area contributed by atoms with E-state index >= 15 is 0 Å². The lowest BCUT2D eigenvalue weighted by molar-refractivity contribution is -0.127. The number of anilines is 1. The number of rotatable bonds is 0. The Morgan fingerprint density at radius 2 is 2.00 bits per heavy atom. The number of carbonyl (C=O) groups is 1. The summed E-state index contributed by atoms with van der Waals surface area (Å²) in [5.41, 5.74) is 1.36. The molecule has 3 nitrogen and oxygen atoms in total. The average Bonchev–Trinajstić information content (AvgIpc) is 2.32. The van der Waals surface area contributed by atoms with Gasteiger partial charge in [-0.15, -0.1) is 0 Å². The second-order valence-corrected chi connectivity index (χ2v) is 4.96. The zero-order valence-electron chi connectivity index (χ0n) is 9.55. The van der Waals surface area contributed by atoms with Crippen LogP contribution >= 0.6 is 0 Å². The molecule has 0 radical (unpaired) electrons. The van der Waals surface area contributed by atoms with Gasteiger partial charge in [0.05, 0.1) is 5.41 Å². The molecule has 1 fully saturated rings. The van der Waals surface area contributed by atoms with E-state index in [1.165, 1.54) is 6.07 Å². The number of fused-ring (bicyclic) bond motifs is 1. The lowest BCUT2D eigenvalue weighted by Crippen LogP contribution is -2.48. The molecule has 1 aromatic carbocycles. The number of carbonyl (C=O) groups excluding carboxylic acids is 1. The molecule has 0 bridgehead atoms. The van der Waals surface area contributed by atoms with Gasteiger partial charge in [-0.2, -0.15) is 0 Å². The van der Waals surface area contributed by atoms with Crippen LogP contribution in [0.15, 0.2) is 18.2 Å². The van der Waals surface area contributed by atoms with Gasteiger partial charge < -0.3 is 10.6 Å². The Bertz CT molecular complexity index is 466. The number of nitrogens with one attached hydrogen (secondary N) is 2. The highest BCUT2D eigenvalue weighted by Crippen LogP contribution is 2.40. The van der Waals surface area contributed by atoms with E-state index in [0.717, 1.165) is 37.2 Å². The molecule has 1 aromatic rings. The molecular formula is C13H15FN2O. The van der Waals surface area contributed by atoms with Crippen molar-refractivity contribution in [1.82, 2.24) is 5.32 Å². The van der Waals surface area contributed by atoms with Gasteiger partial charge in [-0.1, -0.05) is 0 Å². The monoisotopic (exact) mass is 234 g/mol. The molecule has 1 spiro atoms. The van der Waals surface area contributed by atoms with E-state index in [9.17, 15) is 9.18 Å². The molecule has 4 heteroatoms. The van der Waals surface area contributed by atoms with Crippen molar-refractivity contribution in [3.63, 3.8) is 0 Å². The van der Waals surface area contributed by atoms with Crippen LogP contribution in [0.4, 0.5) is 10.1 Å². The fourth-order valence-electron chi connectivity index (χ4n) is 2.84. The lowest BCUT2D eigenvalue weighted by atomic mass is 9.71. The topological polar surface area (TPSA) is 41.1 Å². The van der Waals surface area contributed by atoms with Gasteiger partial charge in [-0.05, 0) is 56.1 Å². The maximum atomic E-state index is 13.2. The quantitative estimate of drug-likeness (QED) is 0.717. The molecule has 1 saturated heterocycles. The van der Waals surface area contributed by atoms with E-state index in [1.54, 1.807) is 12.1 Å². The minimum absolute atomic E-state index is 0.0955. The van der Waals surface area contributed by atoms with Gasteiger partial charge in [0.25, 0.3) is 0 Å². The minimum Gasteiger partial charge on any atom is -0.325 e. The summed E-state index contributed by atoms with van der Waals surface area (Å²) < 4.78 is 13.2. The van der Waals surface area contributed by atoms with Gasteiger partial charge >= 0.3 is 0 Å². The molecule has 2 aliphatic rings. The highest BCUT2D eigenvalue weighted by atomic mass is 19.1. The Hall–Kier alpha value is -1.42. The standard InChI is InChI=1S/C13H15FN2O/c14-10-1-2-11-9(7-10)8-13(12(17)16-11)3-5-15-6-4-13/h1-2,7,15H,3-6,8H2,(H,16,17). The Balaban J connectivity index is 1.98. The van der Waals surface area contributed by atoms with Gasteiger partial charge in [-0.25, -0.2) is 4.39 Å². The van der Waals surface area contributed by atoms with Gasteiger partial charge in [0, 0.05) is 5.69 Å². The van der Waals surface area contributed by atoms with E-state index in [-0.39, 0.29) is 17.1 Å². The van der Waals surface area contributed by atoms with Crippen LogP contribution in [0.2, 0.25) is 0 Å². The molecule has 0 atom stereocenters. The SMILES string of the molecule is O=C1Nc2ccc(F)cc2CC12CCNCC2. The van der Waals surface area contributed by atoms with Gasteiger partial charge in [0.2, 0.25) is 5.91 Å². The maximum Gasteiger partial charge on any atom is 0.231 e. The summed E-state index contributed by atoms with van der Waals surface area (Å²) >= 11 is 0. The molecule has 1 amide bonds. The predicted octanol–water partition coefficient (Wildman–Crippen LogP) is 1.69. The molecule has 90 valence electrons. The summed E-state index contributed by atoms with van der Waals surface area (Å²) in [6, 6.07) is 4.58.